The summed E-state index contributed by atoms with van der Waals surface area (Å²) in [6.45, 7) is 4.05. The van der Waals surface area contributed by atoms with Crippen LogP contribution in [0.5, 0.6) is 0 Å². The third kappa shape index (κ3) is 13.1. The van der Waals surface area contributed by atoms with Crippen molar-refractivity contribution in [3.8, 4) is 22.4 Å². The van der Waals surface area contributed by atoms with E-state index in [1.165, 1.54) is 115 Å². The van der Waals surface area contributed by atoms with E-state index in [4.69, 9.17) is 0 Å². The van der Waals surface area contributed by atoms with Crippen LogP contribution in [-0.2, 0) is 25.5 Å². The van der Waals surface area contributed by atoms with Crippen LogP contribution in [0, 0.1) is 6.07 Å². The molecule has 3 nitrogen and oxygen atoms in total. The Labute approximate surface area is 332 Å². The smallest absolute Gasteiger partial charge is 0.0564 e. The summed E-state index contributed by atoms with van der Waals surface area (Å²) in [4.78, 5) is 4.22. The van der Waals surface area contributed by atoms with Crippen LogP contribution in [0.1, 0.15) is 128 Å². The van der Waals surface area contributed by atoms with Crippen LogP contribution in [0.25, 0.3) is 22.4 Å². The van der Waals surface area contributed by atoms with E-state index < -0.39 is 6.10 Å². The van der Waals surface area contributed by atoms with Gasteiger partial charge in [0.05, 0.1) is 12.2 Å². The van der Waals surface area contributed by atoms with Gasteiger partial charge in [0, 0.05) is 40.7 Å². The topological polar surface area (TPSA) is 53.4 Å². The molecule has 0 aliphatic heterocycles. The molecule has 273 valence electrons. The van der Waals surface area contributed by atoms with Crippen molar-refractivity contribution >= 4 is 31.9 Å². The molecule has 0 saturated carbocycles. The van der Waals surface area contributed by atoms with E-state index in [1.54, 1.807) is 13.1 Å². The van der Waals surface area contributed by atoms with E-state index in [2.05, 4.69) is 86.2 Å². The zero-order valence-corrected chi connectivity index (χ0v) is 35.5. The monoisotopic (exact) mass is 981 g/mol. The first-order valence-electron chi connectivity index (χ1n) is 18.7. The van der Waals surface area contributed by atoms with Gasteiger partial charge < -0.3 is 15.2 Å². The molecule has 1 aliphatic carbocycles. The summed E-state index contributed by atoms with van der Waals surface area (Å²) in [6, 6.07) is 30.7. The van der Waals surface area contributed by atoms with Gasteiger partial charge in [0.1, 0.15) is 0 Å². The second-order valence-electron chi connectivity index (χ2n) is 13.9. The van der Waals surface area contributed by atoms with Crippen LogP contribution in [0.4, 0.5) is 0 Å². The summed E-state index contributed by atoms with van der Waals surface area (Å²) < 4.78 is 2.38. The van der Waals surface area contributed by atoms with Crippen molar-refractivity contribution < 1.29 is 30.3 Å². The van der Waals surface area contributed by atoms with Gasteiger partial charge in [-0.2, -0.15) is 0 Å². The normalized spacial score (nSPS) is 13.7. The van der Waals surface area contributed by atoms with E-state index in [9.17, 15) is 10.2 Å². The zero-order valence-electron chi connectivity index (χ0n) is 30.0. The molecule has 1 aromatic heterocycles. The predicted octanol–water partition coefficient (Wildman–Crippen LogP) is 13.0. The van der Waals surface area contributed by atoms with Crippen molar-refractivity contribution in [2.75, 3.05) is 0 Å². The molecule has 1 heterocycles. The maximum Gasteiger partial charge on any atom is 0.0564 e. The number of halogens is 2. The van der Waals surface area contributed by atoms with Crippen LogP contribution in [0.2, 0.25) is 0 Å². The predicted molar refractivity (Wildman–Crippen MR) is 214 cm³/mol. The van der Waals surface area contributed by atoms with Crippen LogP contribution in [0.15, 0.2) is 94.0 Å². The maximum absolute atomic E-state index is 9.90. The Morgan fingerprint density at radius 2 is 1.26 bits per heavy atom. The molecule has 0 saturated heterocycles. The Morgan fingerprint density at radius 1 is 0.700 bits per heavy atom. The number of hydrogen-bond donors (Lipinski definition) is 2. The molecule has 5 rings (SSSR count). The third-order valence-corrected chi connectivity index (χ3v) is 10.9. The van der Waals surface area contributed by atoms with E-state index in [-0.39, 0.29) is 31.6 Å². The summed E-state index contributed by atoms with van der Waals surface area (Å²) in [6.07, 6.45) is 20.0. The molecule has 50 heavy (non-hydrogen) atoms. The number of hydrogen-bond acceptors (Lipinski definition) is 3. The summed E-state index contributed by atoms with van der Waals surface area (Å²) in [5, 5.41) is 19.3. The van der Waals surface area contributed by atoms with Gasteiger partial charge in [-0.1, -0.05) is 140 Å². The molecular formula is C44H56Br2IrNO2-. The largest absolute Gasteiger partial charge is 0.393 e. The molecule has 0 bridgehead atoms. The second kappa shape index (κ2) is 23.1. The quantitative estimate of drug-likeness (QED) is 0.0727. The number of aliphatic hydroxyl groups is 2. The van der Waals surface area contributed by atoms with Gasteiger partial charge in [-0.25, -0.2) is 0 Å². The number of fused-ring (bicyclic) bond motifs is 3. The Morgan fingerprint density at radius 3 is 1.78 bits per heavy atom. The molecule has 0 spiro atoms. The third-order valence-electron chi connectivity index (χ3n) is 9.90. The minimum absolute atomic E-state index is 0. The molecule has 2 unspecified atom stereocenters. The molecule has 0 amide bonds. The number of nitrogens with zero attached hydrogens (tertiary/aromatic N) is 1. The molecule has 1 aliphatic rings. The van der Waals surface area contributed by atoms with E-state index in [1.807, 2.05) is 42.5 Å². The Hall–Kier alpha value is -1.66. The SMILES string of the molecule is CCCCCCC1(CCCCCCCCCCC(O)CC(C)O)c2cc(Br)ccc2-c2ccc(Br)cc21.[Ir].[c-]1ccccc1-c1ccccn1. The van der Waals surface area contributed by atoms with Gasteiger partial charge in [0.2, 0.25) is 0 Å². The minimum atomic E-state index is -0.403. The molecule has 2 N–H and O–H groups in total. The molecule has 3 aromatic carbocycles. The van der Waals surface area contributed by atoms with Gasteiger partial charge in [-0.15, -0.1) is 35.9 Å². The number of aromatic nitrogens is 1. The first-order chi connectivity index (χ1) is 23.8. The van der Waals surface area contributed by atoms with Crippen molar-refractivity contribution in [2.24, 2.45) is 0 Å². The first-order valence-corrected chi connectivity index (χ1v) is 20.3. The van der Waals surface area contributed by atoms with Crippen molar-refractivity contribution in [1.29, 1.82) is 0 Å². The van der Waals surface area contributed by atoms with Gasteiger partial charge in [-0.05, 0) is 90.9 Å². The fourth-order valence-corrected chi connectivity index (χ4v) is 8.13. The number of aliphatic hydroxyl groups excluding tert-OH is 2. The maximum atomic E-state index is 9.90. The van der Waals surface area contributed by atoms with E-state index in [0.717, 1.165) is 24.1 Å². The fourth-order valence-electron chi connectivity index (χ4n) is 7.41. The average molecular weight is 983 g/mol. The summed E-state index contributed by atoms with van der Waals surface area (Å²) in [5.41, 5.74) is 8.06. The van der Waals surface area contributed by atoms with Crippen LogP contribution in [-0.4, -0.2) is 27.4 Å². The standard InChI is InChI=1S/C33H48Br2O2.C11H8N.Ir/c1-3-4-5-13-20-33(21-14-11-9-7-6-8-10-12-15-28(37)22-25(2)36)31-23-26(34)16-18-29(31)30-19-17-27(35)24-32(30)33;1-2-6-10(7-3-1)11-8-4-5-9-12-11;/h16-19,23-25,28,36-37H,3-15,20-22H2,1-2H3;1-6,8-9H;/q;-1;. The molecule has 4 aromatic rings. The van der Waals surface area contributed by atoms with Crippen LogP contribution >= 0.6 is 31.9 Å². The molecule has 2 atom stereocenters. The molecule has 1 radical (unpaired) electrons. The van der Waals surface area contributed by atoms with Gasteiger partial charge in [0.25, 0.3) is 0 Å². The Bertz CT molecular complexity index is 1430. The minimum Gasteiger partial charge on any atom is -0.393 e. The van der Waals surface area contributed by atoms with Crippen LogP contribution < -0.4 is 0 Å². The van der Waals surface area contributed by atoms with Gasteiger partial charge in [0.15, 0.2) is 0 Å². The van der Waals surface area contributed by atoms with Crippen molar-refractivity contribution in [1.82, 2.24) is 4.98 Å². The van der Waals surface area contributed by atoms with Crippen molar-refractivity contribution in [2.45, 2.75) is 134 Å². The van der Waals surface area contributed by atoms with E-state index in [0.29, 0.717) is 6.42 Å². The van der Waals surface area contributed by atoms with Crippen molar-refractivity contribution in [3.63, 3.8) is 0 Å². The summed E-state index contributed by atoms with van der Waals surface area (Å²) >= 11 is 7.56. The van der Waals surface area contributed by atoms with Crippen LogP contribution in [0.3, 0.4) is 0 Å². The molecule has 0 fully saturated rings. The molecule has 6 heteroatoms. The Balaban J connectivity index is 0.000000434. The van der Waals surface area contributed by atoms with E-state index >= 15 is 0 Å². The van der Waals surface area contributed by atoms with Gasteiger partial charge in [-0.3, -0.25) is 0 Å². The average Bonchev–Trinajstić information content (AvgIpc) is 3.36. The van der Waals surface area contributed by atoms with Crippen molar-refractivity contribution in [3.05, 3.63) is 111 Å². The number of unbranched alkanes of at least 4 members (excludes halogenated alkanes) is 10. The second-order valence-corrected chi connectivity index (χ2v) is 15.7. The Kier molecular flexibility index (Phi) is 19.7. The fraction of sp³-hybridized carbons (Fsp3) is 0.477. The summed E-state index contributed by atoms with van der Waals surface area (Å²) in [5.74, 6) is 0. The summed E-state index contributed by atoms with van der Waals surface area (Å²) in [7, 11) is 0. The first kappa shape index (κ1) is 42.7. The number of rotatable bonds is 19. The van der Waals surface area contributed by atoms with Gasteiger partial charge >= 0.3 is 0 Å². The molecular weight excluding hydrogens is 927 g/mol. The number of benzene rings is 3. The zero-order chi connectivity index (χ0) is 34.9. The number of pyridine rings is 1.